The molecule has 0 atom stereocenters. The fraction of sp³-hybridized carbons (Fsp3) is 0.900. The molecule has 0 unspecified atom stereocenters. The zero-order valence-corrected chi connectivity index (χ0v) is 8.95. The third kappa shape index (κ3) is 3.07. The lowest BCUT2D eigenvalue weighted by Gasteiger charge is -2.31. The molecule has 0 aromatic carbocycles. The molecule has 5 nitrogen and oxygen atoms in total. The van der Waals surface area contributed by atoms with Crippen LogP contribution in [0.4, 0.5) is 4.79 Å². The van der Waals surface area contributed by atoms with Gasteiger partial charge in [0.1, 0.15) is 0 Å². The molecule has 2 amide bonds. The van der Waals surface area contributed by atoms with Crippen LogP contribution < -0.4 is 11.2 Å². The van der Waals surface area contributed by atoms with Crippen LogP contribution >= 0.6 is 0 Å². The first kappa shape index (κ1) is 10.7. The number of hydrogen-bond acceptors (Lipinski definition) is 3. The first-order valence-corrected chi connectivity index (χ1v) is 5.66. The third-order valence-corrected chi connectivity index (χ3v) is 3.14. The van der Waals surface area contributed by atoms with Crippen LogP contribution in [0.2, 0.25) is 0 Å². The molecule has 86 valence electrons. The third-order valence-electron chi connectivity index (χ3n) is 3.14. The fourth-order valence-electron chi connectivity index (χ4n) is 1.93. The smallest absolute Gasteiger partial charge is 0.317 e. The molecule has 2 aliphatic rings. The minimum absolute atomic E-state index is 0.101. The van der Waals surface area contributed by atoms with Gasteiger partial charge in [0.15, 0.2) is 0 Å². The van der Waals surface area contributed by atoms with E-state index in [1.165, 1.54) is 0 Å². The highest BCUT2D eigenvalue weighted by molar-refractivity contribution is 5.74. The van der Waals surface area contributed by atoms with E-state index in [0.29, 0.717) is 18.6 Å². The largest absolute Gasteiger partial charge is 0.335 e. The fourth-order valence-corrected chi connectivity index (χ4v) is 1.93. The van der Waals surface area contributed by atoms with E-state index in [1.807, 2.05) is 4.90 Å². The Morgan fingerprint density at radius 3 is 2.53 bits per heavy atom. The maximum atomic E-state index is 11.7. The predicted molar refractivity (Wildman–Crippen MR) is 56.0 cm³/mol. The van der Waals surface area contributed by atoms with Gasteiger partial charge in [0.2, 0.25) is 0 Å². The number of urea groups is 1. The van der Waals surface area contributed by atoms with Crippen LogP contribution in [0.3, 0.4) is 0 Å². The van der Waals surface area contributed by atoms with Crippen LogP contribution in [0, 0.1) is 5.92 Å². The van der Waals surface area contributed by atoms with Gasteiger partial charge in [-0.1, -0.05) is 0 Å². The summed E-state index contributed by atoms with van der Waals surface area (Å²) in [5, 5.41) is 3.00. The minimum atomic E-state index is 0.101. The molecule has 0 aromatic rings. The molecule has 1 heterocycles. The van der Waals surface area contributed by atoms with Gasteiger partial charge in [-0.25, -0.2) is 10.7 Å². The molecule has 0 radical (unpaired) electrons. The van der Waals surface area contributed by atoms with Gasteiger partial charge in [0.05, 0.1) is 6.61 Å². The van der Waals surface area contributed by atoms with Gasteiger partial charge < -0.3 is 15.1 Å². The van der Waals surface area contributed by atoms with Crippen molar-refractivity contribution >= 4 is 6.03 Å². The topological polar surface area (TPSA) is 67.6 Å². The van der Waals surface area contributed by atoms with Crippen molar-refractivity contribution in [2.45, 2.75) is 31.7 Å². The van der Waals surface area contributed by atoms with Crippen molar-refractivity contribution in [1.29, 1.82) is 0 Å². The first-order chi connectivity index (χ1) is 7.29. The van der Waals surface area contributed by atoms with Crippen molar-refractivity contribution in [3.05, 3.63) is 0 Å². The Morgan fingerprint density at radius 1 is 1.33 bits per heavy atom. The molecule has 0 spiro atoms. The molecule has 0 bridgehead atoms. The van der Waals surface area contributed by atoms with Crippen LogP contribution in [-0.4, -0.2) is 36.7 Å². The van der Waals surface area contributed by atoms with Gasteiger partial charge in [-0.15, -0.1) is 0 Å². The number of rotatable bonds is 3. The quantitative estimate of drug-likeness (QED) is 0.669. The summed E-state index contributed by atoms with van der Waals surface area (Å²) < 4.78 is 0. The number of likely N-dealkylation sites (tertiary alicyclic amines) is 1. The van der Waals surface area contributed by atoms with Crippen molar-refractivity contribution in [1.82, 2.24) is 10.2 Å². The summed E-state index contributed by atoms with van der Waals surface area (Å²) in [6.07, 6.45) is 4.27. The Hall–Kier alpha value is -0.810. The minimum Gasteiger partial charge on any atom is -0.335 e. The summed E-state index contributed by atoms with van der Waals surface area (Å²) >= 11 is 0. The first-order valence-electron chi connectivity index (χ1n) is 5.66. The van der Waals surface area contributed by atoms with Crippen LogP contribution in [0.1, 0.15) is 25.7 Å². The molecular weight excluding hydrogens is 194 g/mol. The Balaban J connectivity index is 1.69. The van der Waals surface area contributed by atoms with E-state index in [0.717, 1.165) is 38.8 Å². The van der Waals surface area contributed by atoms with Gasteiger partial charge in [0, 0.05) is 19.1 Å². The predicted octanol–water partition coefficient (Wildman–Crippen LogP) is 0.461. The average molecular weight is 213 g/mol. The lowest BCUT2D eigenvalue weighted by Crippen LogP contribution is -2.45. The van der Waals surface area contributed by atoms with Gasteiger partial charge in [0.25, 0.3) is 0 Å². The number of carbonyl (C=O) groups is 1. The van der Waals surface area contributed by atoms with E-state index >= 15 is 0 Å². The van der Waals surface area contributed by atoms with E-state index < -0.39 is 0 Å². The molecule has 0 aromatic heterocycles. The number of nitrogens with zero attached hydrogens (tertiary/aromatic N) is 1. The van der Waals surface area contributed by atoms with Crippen molar-refractivity contribution in [2.24, 2.45) is 11.8 Å². The molecule has 1 saturated carbocycles. The summed E-state index contributed by atoms with van der Waals surface area (Å²) in [7, 11) is 0. The van der Waals surface area contributed by atoms with Crippen LogP contribution in [0.5, 0.6) is 0 Å². The second-order valence-electron chi connectivity index (χ2n) is 4.49. The molecule has 5 heteroatoms. The SMILES string of the molecule is NOCC1CCN(C(=O)NC2CC2)CC1. The number of amides is 2. The number of piperidine rings is 1. The van der Waals surface area contributed by atoms with E-state index in [1.54, 1.807) is 0 Å². The number of nitrogens with two attached hydrogens (primary N) is 1. The molecule has 15 heavy (non-hydrogen) atoms. The summed E-state index contributed by atoms with van der Waals surface area (Å²) in [5.74, 6) is 5.55. The van der Waals surface area contributed by atoms with E-state index in [2.05, 4.69) is 10.2 Å². The summed E-state index contributed by atoms with van der Waals surface area (Å²) in [6.45, 7) is 2.26. The Morgan fingerprint density at radius 2 is 2.00 bits per heavy atom. The molecule has 1 aliphatic heterocycles. The monoisotopic (exact) mass is 213 g/mol. The second-order valence-corrected chi connectivity index (χ2v) is 4.49. The summed E-state index contributed by atoms with van der Waals surface area (Å²) in [4.78, 5) is 18.2. The Bertz CT molecular complexity index is 223. The molecule has 2 fully saturated rings. The second kappa shape index (κ2) is 4.81. The molecule has 2 rings (SSSR count). The van der Waals surface area contributed by atoms with Gasteiger partial charge in [-0.2, -0.15) is 0 Å². The normalized spacial score (nSPS) is 22.9. The molecule has 1 saturated heterocycles. The van der Waals surface area contributed by atoms with E-state index in [9.17, 15) is 4.79 Å². The maximum absolute atomic E-state index is 11.7. The lowest BCUT2D eigenvalue weighted by atomic mass is 9.98. The summed E-state index contributed by atoms with van der Waals surface area (Å²) in [5.41, 5.74) is 0. The van der Waals surface area contributed by atoms with Gasteiger partial charge in [-0.05, 0) is 31.6 Å². The zero-order chi connectivity index (χ0) is 10.7. The van der Waals surface area contributed by atoms with Crippen molar-refractivity contribution in [3.8, 4) is 0 Å². The lowest BCUT2D eigenvalue weighted by molar-refractivity contribution is 0.0733. The van der Waals surface area contributed by atoms with E-state index in [4.69, 9.17) is 5.90 Å². The van der Waals surface area contributed by atoms with Crippen molar-refractivity contribution in [3.63, 3.8) is 0 Å². The Labute approximate surface area is 89.9 Å². The number of nitrogens with one attached hydrogen (secondary N) is 1. The standard InChI is InChI=1S/C10H19N3O2/c11-15-7-8-3-5-13(6-4-8)10(14)12-9-1-2-9/h8-9H,1-7,11H2,(H,12,14). The molecule has 1 aliphatic carbocycles. The van der Waals surface area contributed by atoms with Crippen LogP contribution in [-0.2, 0) is 4.84 Å². The maximum Gasteiger partial charge on any atom is 0.317 e. The van der Waals surface area contributed by atoms with Crippen LogP contribution in [0.15, 0.2) is 0 Å². The van der Waals surface area contributed by atoms with E-state index in [-0.39, 0.29) is 6.03 Å². The highest BCUT2D eigenvalue weighted by atomic mass is 16.6. The van der Waals surface area contributed by atoms with Crippen LogP contribution in [0.25, 0.3) is 0 Å². The Kier molecular flexibility index (Phi) is 3.43. The summed E-state index contributed by atoms with van der Waals surface area (Å²) in [6, 6.07) is 0.548. The van der Waals surface area contributed by atoms with Gasteiger partial charge in [-0.3, -0.25) is 0 Å². The number of carbonyl (C=O) groups excluding carboxylic acids is 1. The highest BCUT2D eigenvalue weighted by Gasteiger charge is 2.28. The van der Waals surface area contributed by atoms with Crippen molar-refractivity contribution < 1.29 is 9.63 Å². The molecular formula is C10H19N3O2. The average Bonchev–Trinajstić information content (AvgIpc) is 3.03. The van der Waals surface area contributed by atoms with Crippen molar-refractivity contribution in [2.75, 3.05) is 19.7 Å². The molecule has 3 N–H and O–H groups in total. The zero-order valence-electron chi connectivity index (χ0n) is 8.95. The van der Waals surface area contributed by atoms with Gasteiger partial charge >= 0.3 is 6.03 Å². The highest BCUT2D eigenvalue weighted by Crippen LogP contribution is 2.21. The number of hydrogen-bond donors (Lipinski definition) is 2.